The van der Waals surface area contributed by atoms with Crippen molar-refractivity contribution in [1.29, 1.82) is 5.26 Å². The van der Waals surface area contributed by atoms with Gasteiger partial charge < -0.3 is 11.1 Å². The molecule has 0 radical (unpaired) electrons. The smallest absolute Gasteiger partial charge is 0.270 e. The number of nitrogens with zero attached hydrogens (tertiary/aromatic N) is 6. The van der Waals surface area contributed by atoms with E-state index in [0.29, 0.717) is 23.1 Å². The van der Waals surface area contributed by atoms with Crippen LogP contribution in [0.5, 0.6) is 0 Å². The van der Waals surface area contributed by atoms with E-state index in [9.17, 15) is 4.79 Å². The number of anilines is 2. The van der Waals surface area contributed by atoms with Gasteiger partial charge in [0.2, 0.25) is 0 Å². The van der Waals surface area contributed by atoms with Crippen molar-refractivity contribution < 1.29 is 4.79 Å². The first kappa shape index (κ1) is 27.4. The van der Waals surface area contributed by atoms with Gasteiger partial charge in [-0.05, 0) is 42.8 Å². The van der Waals surface area contributed by atoms with Gasteiger partial charge in [0.1, 0.15) is 29.0 Å². The molecule has 2 aromatic rings. The summed E-state index contributed by atoms with van der Waals surface area (Å²) in [5, 5.41) is 11.6. The standard InChI is InChI=1S/C25H24N8O.C2H6/c1-5-20-24(28-4)33(23(32-20)19-8-7-13-29-22(19)27)18-11-9-17(10-12-18)15-30-25(34)21(6-2)31-16(3)14-26;1-2/h5-13H,2-3,15H2,1,4H3,(H2,27,29)(H,30,34);1-2H3/b20-5+,28-24?,31-21?;. The van der Waals surface area contributed by atoms with Crippen molar-refractivity contribution in [3.05, 3.63) is 90.4 Å². The number of rotatable bonds is 7. The maximum Gasteiger partial charge on any atom is 0.270 e. The molecule has 0 bridgehead atoms. The second-order valence-corrected chi connectivity index (χ2v) is 7.04. The molecule has 36 heavy (non-hydrogen) atoms. The molecule has 1 aliphatic heterocycles. The molecule has 9 heteroatoms. The van der Waals surface area contributed by atoms with Gasteiger partial charge in [-0.15, -0.1) is 0 Å². The maximum absolute atomic E-state index is 12.3. The number of nitrogens with two attached hydrogens (primary N) is 1. The molecule has 0 saturated heterocycles. The summed E-state index contributed by atoms with van der Waals surface area (Å²) in [6, 6.07) is 13.0. The Morgan fingerprint density at radius 2 is 1.97 bits per heavy atom. The minimum Gasteiger partial charge on any atom is -0.383 e. The Morgan fingerprint density at radius 3 is 2.53 bits per heavy atom. The number of aliphatic imine (C=N–C) groups is 3. The van der Waals surface area contributed by atoms with Gasteiger partial charge >= 0.3 is 0 Å². The molecule has 0 saturated carbocycles. The number of hydrogen-bond acceptors (Lipinski definition) is 7. The molecule has 9 nitrogen and oxygen atoms in total. The predicted molar refractivity (Wildman–Crippen MR) is 147 cm³/mol. The largest absolute Gasteiger partial charge is 0.383 e. The Labute approximate surface area is 211 Å². The van der Waals surface area contributed by atoms with Gasteiger partial charge in [0, 0.05) is 25.5 Å². The van der Waals surface area contributed by atoms with Crippen LogP contribution in [0.1, 0.15) is 31.9 Å². The predicted octanol–water partition coefficient (Wildman–Crippen LogP) is 4.17. The number of hydrogen-bond donors (Lipinski definition) is 2. The van der Waals surface area contributed by atoms with Crippen molar-refractivity contribution in [1.82, 2.24) is 10.3 Å². The molecule has 0 fully saturated rings. The number of nitriles is 1. The fourth-order valence-corrected chi connectivity index (χ4v) is 3.26. The second-order valence-electron chi connectivity index (χ2n) is 7.04. The first-order valence-corrected chi connectivity index (χ1v) is 11.3. The summed E-state index contributed by atoms with van der Waals surface area (Å²) in [5.41, 5.74) is 9.20. The first-order valence-electron chi connectivity index (χ1n) is 11.3. The monoisotopic (exact) mass is 482 g/mol. The Bertz CT molecular complexity index is 1290. The van der Waals surface area contributed by atoms with Gasteiger partial charge in [-0.1, -0.05) is 45.2 Å². The van der Waals surface area contributed by atoms with E-state index < -0.39 is 5.91 Å². The second kappa shape index (κ2) is 13.2. The normalized spacial score (nSPS) is 15.0. The van der Waals surface area contributed by atoms with Crippen LogP contribution in [-0.4, -0.2) is 35.3 Å². The van der Waals surface area contributed by atoms with Crippen LogP contribution in [0.4, 0.5) is 11.5 Å². The first-order chi connectivity index (χ1) is 17.4. The van der Waals surface area contributed by atoms with Crippen LogP contribution in [0.15, 0.2) is 94.3 Å². The van der Waals surface area contributed by atoms with Gasteiger partial charge in [-0.3, -0.25) is 14.7 Å². The zero-order chi connectivity index (χ0) is 26.7. The molecule has 3 rings (SSSR count). The molecule has 1 aliphatic rings. The summed E-state index contributed by atoms with van der Waals surface area (Å²) < 4.78 is 0. The summed E-state index contributed by atoms with van der Waals surface area (Å²) in [6.45, 7) is 13.2. The van der Waals surface area contributed by atoms with E-state index in [1.807, 2.05) is 62.1 Å². The fraction of sp³-hybridized carbons (Fsp3) is 0.185. The quantitative estimate of drug-likeness (QED) is 0.451. The van der Waals surface area contributed by atoms with Crippen LogP contribution in [-0.2, 0) is 11.3 Å². The van der Waals surface area contributed by atoms with E-state index in [2.05, 4.69) is 33.4 Å². The molecule has 0 atom stereocenters. The van der Waals surface area contributed by atoms with Crippen LogP contribution < -0.4 is 16.0 Å². The lowest BCUT2D eigenvalue weighted by Crippen LogP contribution is -2.33. The van der Waals surface area contributed by atoms with Crippen LogP contribution >= 0.6 is 0 Å². The highest BCUT2D eigenvalue weighted by atomic mass is 16.1. The number of nitrogen functional groups attached to an aromatic ring is 1. The molecule has 0 spiro atoms. The summed E-state index contributed by atoms with van der Waals surface area (Å²) in [5.74, 6) is 1.24. The van der Waals surface area contributed by atoms with Crippen molar-refractivity contribution in [2.75, 3.05) is 17.7 Å². The van der Waals surface area contributed by atoms with Crippen molar-refractivity contribution in [2.24, 2.45) is 15.0 Å². The summed E-state index contributed by atoms with van der Waals surface area (Å²) in [6.07, 6.45) is 4.80. The number of pyridine rings is 1. The van der Waals surface area contributed by atoms with Gasteiger partial charge in [0.05, 0.1) is 5.56 Å². The Hall–Kier alpha value is -4.84. The van der Waals surface area contributed by atoms with Gasteiger partial charge in [-0.25, -0.2) is 15.0 Å². The van der Waals surface area contributed by atoms with E-state index >= 15 is 0 Å². The third-order valence-electron chi connectivity index (χ3n) is 4.90. The number of nitrogens with one attached hydrogen (secondary N) is 1. The van der Waals surface area contributed by atoms with E-state index in [-0.39, 0.29) is 18.0 Å². The van der Waals surface area contributed by atoms with E-state index in [1.54, 1.807) is 25.4 Å². The molecule has 0 aliphatic carbocycles. The van der Waals surface area contributed by atoms with Crippen LogP contribution in [0.2, 0.25) is 0 Å². The third-order valence-corrected chi connectivity index (χ3v) is 4.90. The molecule has 1 aromatic heterocycles. The number of benzene rings is 1. The number of carbonyl (C=O) groups excluding carboxylic acids is 1. The fourth-order valence-electron chi connectivity index (χ4n) is 3.26. The molecule has 184 valence electrons. The molecule has 0 unspecified atom stereocenters. The Balaban J connectivity index is 0.00000222. The van der Waals surface area contributed by atoms with Crippen molar-refractivity contribution in [2.45, 2.75) is 27.3 Å². The summed E-state index contributed by atoms with van der Waals surface area (Å²) >= 11 is 0. The lowest BCUT2D eigenvalue weighted by Gasteiger charge is -2.22. The molecule has 1 aromatic carbocycles. The highest BCUT2D eigenvalue weighted by Gasteiger charge is 2.31. The molecule has 1 amide bonds. The zero-order valence-electron chi connectivity index (χ0n) is 21.0. The van der Waals surface area contributed by atoms with Crippen LogP contribution in [0.25, 0.3) is 0 Å². The molecule has 2 heterocycles. The van der Waals surface area contributed by atoms with E-state index in [4.69, 9.17) is 16.0 Å². The third kappa shape index (κ3) is 6.18. The Morgan fingerprint density at radius 1 is 1.28 bits per heavy atom. The lowest BCUT2D eigenvalue weighted by atomic mass is 10.1. The van der Waals surface area contributed by atoms with Crippen molar-refractivity contribution in [3.8, 4) is 6.07 Å². The van der Waals surface area contributed by atoms with E-state index in [0.717, 1.165) is 16.9 Å². The highest BCUT2D eigenvalue weighted by molar-refractivity contribution is 6.43. The summed E-state index contributed by atoms with van der Waals surface area (Å²) in [4.78, 5) is 31.4. The molecule has 3 N–H and O–H groups in total. The Kier molecular flexibility index (Phi) is 10.0. The minimum absolute atomic E-state index is 0.0258. The van der Waals surface area contributed by atoms with Crippen LogP contribution in [0, 0.1) is 11.3 Å². The number of carbonyl (C=O) groups is 1. The number of aromatic nitrogens is 1. The lowest BCUT2D eigenvalue weighted by molar-refractivity contribution is -0.114. The topological polar surface area (TPSA) is 132 Å². The number of amidine groups is 2. The van der Waals surface area contributed by atoms with Crippen molar-refractivity contribution >= 4 is 34.8 Å². The zero-order valence-corrected chi connectivity index (χ0v) is 21.0. The average molecular weight is 483 g/mol. The van der Waals surface area contributed by atoms with Crippen LogP contribution in [0.3, 0.4) is 0 Å². The average Bonchev–Trinajstić information content (AvgIpc) is 3.30. The minimum atomic E-state index is -0.449. The van der Waals surface area contributed by atoms with Gasteiger partial charge in [0.25, 0.3) is 5.91 Å². The van der Waals surface area contributed by atoms with E-state index in [1.165, 1.54) is 6.08 Å². The SMILES string of the molecule is C=CC(=NC(=C)C#N)C(=O)NCc1ccc(N2C(=NC)/C(=C\C)N=C2c2cccnc2N)cc1.CC. The number of amides is 1. The summed E-state index contributed by atoms with van der Waals surface area (Å²) in [7, 11) is 1.71. The molecular weight excluding hydrogens is 452 g/mol. The molecular formula is C27H30N8O. The van der Waals surface area contributed by atoms with Gasteiger partial charge in [-0.2, -0.15) is 5.26 Å². The highest BCUT2D eigenvalue weighted by Crippen LogP contribution is 2.29. The number of allylic oxidation sites excluding steroid dienone is 2. The van der Waals surface area contributed by atoms with Crippen molar-refractivity contribution in [3.63, 3.8) is 0 Å². The maximum atomic E-state index is 12.3. The van der Waals surface area contributed by atoms with Gasteiger partial charge in [0.15, 0.2) is 11.7 Å².